The summed E-state index contributed by atoms with van der Waals surface area (Å²) in [6.45, 7) is 2.72. The molecule has 0 saturated carbocycles. The standard InChI is InChI=1S/C15H18N6O/c16-12-2-4-13(5-3-12)19-15(22)21-10-8-20(9-11-21)14-17-6-1-7-18-14/h1-7H,8-11,16H2,(H,19,22). The average Bonchev–Trinajstić information content (AvgIpc) is 2.58. The third kappa shape index (κ3) is 3.25. The molecule has 1 fully saturated rings. The van der Waals surface area contributed by atoms with Gasteiger partial charge >= 0.3 is 6.03 Å². The van der Waals surface area contributed by atoms with E-state index in [0.717, 1.165) is 18.8 Å². The van der Waals surface area contributed by atoms with Crippen LogP contribution in [0.1, 0.15) is 0 Å². The summed E-state index contributed by atoms with van der Waals surface area (Å²) in [5.41, 5.74) is 7.05. The first-order valence-electron chi connectivity index (χ1n) is 7.16. The van der Waals surface area contributed by atoms with Gasteiger partial charge in [-0.05, 0) is 30.3 Å². The fourth-order valence-corrected chi connectivity index (χ4v) is 2.33. The number of nitrogens with one attached hydrogen (secondary N) is 1. The average molecular weight is 298 g/mol. The van der Waals surface area contributed by atoms with Gasteiger partial charge in [-0.2, -0.15) is 0 Å². The van der Waals surface area contributed by atoms with Crippen LogP contribution in [0.2, 0.25) is 0 Å². The first-order chi connectivity index (χ1) is 10.7. The SMILES string of the molecule is Nc1ccc(NC(=O)N2CCN(c3ncccn3)CC2)cc1. The number of carbonyl (C=O) groups is 1. The van der Waals surface area contributed by atoms with Gasteiger partial charge in [-0.15, -0.1) is 0 Å². The molecule has 1 aromatic heterocycles. The Kier molecular flexibility index (Phi) is 4.04. The minimum atomic E-state index is -0.0987. The lowest BCUT2D eigenvalue weighted by molar-refractivity contribution is 0.208. The Bertz CT molecular complexity index is 622. The zero-order valence-corrected chi connectivity index (χ0v) is 12.1. The number of nitrogens with zero attached hydrogens (tertiary/aromatic N) is 4. The van der Waals surface area contributed by atoms with Crippen LogP contribution in [0.4, 0.5) is 22.1 Å². The van der Waals surface area contributed by atoms with E-state index in [4.69, 9.17) is 5.73 Å². The molecule has 2 heterocycles. The van der Waals surface area contributed by atoms with Crippen LogP contribution in [-0.2, 0) is 0 Å². The van der Waals surface area contributed by atoms with E-state index < -0.39 is 0 Å². The molecule has 7 heteroatoms. The van der Waals surface area contributed by atoms with E-state index in [1.807, 2.05) is 0 Å². The molecule has 0 radical (unpaired) electrons. The van der Waals surface area contributed by atoms with Crippen molar-refractivity contribution in [1.82, 2.24) is 14.9 Å². The highest BCUT2D eigenvalue weighted by Gasteiger charge is 2.22. The Morgan fingerprint density at radius 1 is 1.05 bits per heavy atom. The molecule has 1 aromatic carbocycles. The Balaban J connectivity index is 1.54. The van der Waals surface area contributed by atoms with Crippen LogP contribution in [-0.4, -0.2) is 47.1 Å². The van der Waals surface area contributed by atoms with Crippen molar-refractivity contribution in [2.45, 2.75) is 0 Å². The Hall–Kier alpha value is -2.83. The molecule has 0 spiro atoms. The molecule has 22 heavy (non-hydrogen) atoms. The van der Waals surface area contributed by atoms with Crippen molar-refractivity contribution in [2.24, 2.45) is 0 Å². The lowest BCUT2D eigenvalue weighted by Gasteiger charge is -2.34. The monoisotopic (exact) mass is 298 g/mol. The van der Waals surface area contributed by atoms with E-state index >= 15 is 0 Å². The molecule has 2 amide bonds. The largest absolute Gasteiger partial charge is 0.399 e. The molecule has 114 valence electrons. The number of carbonyl (C=O) groups excluding carboxylic acids is 1. The highest BCUT2D eigenvalue weighted by molar-refractivity contribution is 5.89. The summed E-state index contributed by atoms with van der Waals surface area (Å²) in [7, 11) is 0. The molecule has 0 aliphatic carbocycles. The summed E-state index contributed by atoms with van der Waals surface area (Å²) in [5, 5.41) is 2.88. The number of hydrogen-bond donors (Lipinski definition) is 2. The van der Waals surface area contributed by atoms with Gasteiger partial charge in [0.25, 0.3) is 0 Å². The second-order valence-corrected chi connectivity index (χ2v) is 5.08. The Morgan fingerprint density at radius 2 is 1.68 bits per heavy atom. The first-order valence-corrected chi connectivity index (χ1v) is 7.16. The number of benzene rings is 1. The minimum Gasteiger partial charge on any atom is -0.399 e. The molecule has 1 saturated heterocycles. The van der Waals surface area contributed by atoms with Crippen LogP contribution >= 0.6 is 0 Å². The summed E-state index contributed by atoms with van der Waals surface area (Å²) in [4.78, 5) is 24.6. The lowest BCUT2D eigenvalue weighted by Crippen LogP contribution is -2.50. The fraction of sp³-hybridized carbons (Fsp3) is 0.267. The topological polar surface area (TPSA) is 87.4 Å². The fourth-order valence-electron chi connectivity index (χ4n) is 2.33. The van der Waals surface area contributed by atoms with Crippen molar-refractivity contribution in [2.75, 3.05) is 42.1 Å². The summed E-state index contributed by atoms with van der Waals surface area (Å²) in [6.07, 6.45) is 3.45. The molecule has 0 bridgehead atoms. The second kappa shape index (κ2) is 6.30. The molecule has 0 atom stereocenters. The Labute approximate surface area is 128 Å². The predicted octanol–water partition coefficient (Wildman–Crippen LogP) is 1.41. The van der Waals surface area contributed by atoms with Gasteiger partial charge in [0.2, 0.25) is 5.95 Å². The highest BCUT2D eigenvalue weighted by Crippen LogP contribution is 2.13. The van der Waals surface area contributed by atoms with Crippen LogP contribution in [0, 0.1) is 0 Å². The zero-order chi connectivity index (χ0) is 15.4. The minimum absolute atomic E-state index is 0.0987. The summed E-state index contributed by atoms with van der Waals surface area (Å²) in [5.74, 6) is 0.709. The van der Waals surface area contributed by atoms with E-state index in [-0.39, 0.29) is 6.03 Å². The van der Waals surface area contributed by atoms with Gasteiger partial charge in [-0.3, -0.25) is 0 Å². The van der Waals surface area contributed by atoms with Crippen molar-refractivity contribution in [3.05, 3.63) is 42.7 Å². The molecule has 2 aromatic rings. The normalized spacial score (nSPS) is 14.7. The predicted molar refractivity (Wildman–Crippen MR) is 85.7 cm³/mol. The van der Waals surface area contributed by atoms with Gasteiger partial charge < -0.3 is 20.9 Å². The molecule has 1 aliphatic rings. The van der Waals surface area contributed by atoms with Crippen LogP contribution in [0.5, 0.6) is 0 Å². The van der Waals surface area contributed by atoms with Gasteiger partial charge in [0, 0.05) is 49.9 Å². The number of aromatic nitrogens is 2. The van der Waals surface area contributed by atoms with Crippen molar-refractivity contribution >= 4 is 23.4 Å². The Morgan fingerprint density at radius 3 is 2.32 bits per heavy atom. The van der Waals surface area contributed by atoms with Gasteiger partial charge in [0.1, 0.15) is 0 Å². The number of piperazine rings is 1. The van der Waals surface area contributed by atoms with E-state index in [2.05, 4.69) is 20.2 Å². The van der Waals surface area contributed by atoms with Crippen LogP contribution in [0.15, 0.2) is 42.7 Å². The quantitative estimate of drug-likeness (QED) is 0.819. The van der Waals surface area contributed by atoms with Crippen molar-refractivity contribution in [1.29, 1.82) is 0 Å². The van der Waals surface area contributed by atoms with E-state index in [1.54, 1.807) is 47.6 Å². The van der Waals surface area contributed by atoms with Crippen molar-refractivity contribution in [3.8, 4) is 0 Å². The number of nitrogens with two attached hydrogens (primary N) is 1. The number of hydrogen-bond acceptors (Lipinski definition) is 5. The van der Waals surface area contributed by atoms with Crippen LogP contribution < -0.4 is 16.0 Å². The molecule has 7 nitrogen and oxygen atoms in total. The van der Waals surface area contributed by atoms with E-state index in [9.17, 15) is 4.79 Å². The maximum Gasteiger partial charge on any atom is 0.321 e. The van der Waals surface area contributed by atoms with Gasteiger partial charge in [-0.25, -0.2) is 14.8 Å². The molecular formula is C15H18N6O. The van der Waals surface area contributed by atoms with E-state index in [0.29, 0.717) is 24.7 Å². The van der Waals surface area contributed by atoms with Crippen molar-refractivity contribution < 1.29 is 4.79 Å². The van der Waals surface area contributed by atoms with Crippen LogP contribution in [0.3, 0.4) is 0 Å². The van der Waals surface area contributed by atoms with Gasteiger partial charge in [0.15, 0.2) is 0 Å². The summed E-state index contributed by atoms with van der Waals surface area (Å²) < 4.78 is 0. The maximum atomic E-state index is 12.2. The molecular weight excluding hydrogens is 280 g/mol. The highest BCUT2D eigenvalue weighted by atomic mass is 16.2. The zero-order valence-electron chi connectivity index (χ0n) is 12.1. The third-order valence-electron chi connectivity index (χ3n) is 3.56. The second-order valence-electron chi connectivity index (χ2n) is 5.08. The van der Waals surface area contributed by atoms with Crippen LogP contribution in [0.25, 0.3) is 0 Å². The van der Waals surface area contributed by atoms with E-state index in [1.165, 1.54) is 0 Å². The number of amides is 2. The number of anilines is 3. The van der Waals surface area contributed by atoms with Crippen molar-refractivity contribution in [3.63, 3.8) is 0 Å². The first kappa shape index (κ1) is 14.1. The lowest BCUT2D eigenvalue weighted by atomic mass is 10.3. The van der Waals surface area contributed by atoms with Gasteiger partial charge in [0.05, 0.1) is 0 Å². The maximum absolute atomic E-state index is 12.2. The third-order valence-corrected chi connectivity index (χ3v) is 3.56. The van der Waals surface area contributed by atoms with Gasteiger partial charge in [-0.1, -0.05) is 0 Å². The molecule has 1 aliphatic heterocycles. The number of urea groups is 1. The molecule has 0 unspecified atom stereocenters. The number of rotatable bonds is 2. The molecule has 3 rings (SSSR count). The smallest absolute Gasteiger partial charge is 0.321 e. The summed E-state index contributed by atoms with van der Waals surface area (Å²) >= 11 is 0. The summed E-state index contributed by atoms with van der Waals surface area (Å²) in [6, 6.07) is 8.81. The number of nitrogen functional groups attached to an aromatic ring is 1. The molecule has 3 N–H and O–H groups in total.